The lowest BCUT2D eigenvalue weighted by molar-refractivity contribution is -0.145. The lowest BCUT2D eigenvalue weighted by atomic mass is 10.2. The summed E-state index contributed by atoms with van der Waals surface area (Å²) in [6.07, 6.45) is 0.559. The van der Waals surface area contributed by atoms with Gasteiger partial charge in [-0.15, -0.1) is 0 Å². The van der Waals surface area contributed by atoms with Gasteiger partial charge in [-0.25, -0.2) is 4.79 Å². The van der Waals surface area contributed by atoms with Crippen LogP contribution in [0.2, 0.25) is 0 Å². The van der Waals surface area contributed by atoms with Crippen molar-refractivity contribution in [2.24, 2.45) is 0 Å². The normalized spacial score (nSPS) is 11.8. The number of hydrogen-bond acceptors (Lipinski definition) is 4. The van der Waals surface area contributed by atoms with Gasteiger partial charge in [0.05, 0.1) is 12.7 Å². The first-order chi connectivity index (χ1) is 7.50. The van der Waals surface area contributed by atoms with Gasteiger partial charge in [0.1, 0.15) is 6.04 Å². The molecule has 1 rings (SSSR count). The van der Waals surface area contributed by atoms with E-state index in [1.807, 2.05) is 5.32 Å². The van der Waals surface area contributed by atoms with Gasteiger partial charge in [-0.05, 0) is 12.1 Å². The second-order valence-electron chi connectivity index (χ2n) is 2.94. The van der Waals surface area contributed by atoms with Crippen LogP contribution in [0.15, 0.2) is 22.8 Å². The van der Waals surface area contributed by atoms with Gasteiger partial charge in [0.15, 0.2) is 5.76 Å². The second kappa shape index (κ2) is 4.96. The van der Waals surface area contributed by atoms with Crippen molar-refractivity contribution in [2.75, 3.05) is 0 Å². The summed E-state index contributed by atoms with van der Waals surface area (Å²) in [4.78, 5) is 32.3. The summed E-state index contributed by atoms with van der Waals surface area (Å²) in [7, 11) is 0. The highest BCUT2D eigenvalue weighted by Gasteiger charge is 2.24. The largest absolute Gasteiger partial charge is 0.481 e. The molecule has 1 unspecified atom stereocenters. The molecule has 3 N–H and O–H groups in total. The first kappa shape index (κ1) is 11.8. The summed E-state index contributed by atoms with van der Waals surface area (Å²) in [6, 6.07) is 1.33. The zero-order valence-electron chi connectivity index (χ0n) is 8.04. The third kappa shape index (κ3) is 3.12. The molecule has 1 heterocycles. The zero-order chi connectivity index (χ0) is 12.1. The molecule has 7 nitrogen and oxygen atoms in total. The molecule has 0 aliphatic rings. The maximum absolute atomic E-state index is 11.3. The van der Waals surface area contributed by atoms with Gasteiger partial charge < -0.3 is 19.9 Å². The number of hydrogen-bond donors (Lipinski definition) is 3. The van der Waals surface area contributed by atoms with Gasteiger partial charge in [0, 0.05) is 0 Å². The van der Waals surface area contributed by atoms with Crippen molar-refractivity contribution in [1.29, 1.82) is 0 Å². The summed E-state index contributed by atoms with van der Waals surface area (Å²) in [5, 5.41) is 19.1. The number of carboxylic acids is 2. The van der Waals surface area contributed by atoms with E-state index in [0.29, 0.717) is 0 Å². The Morgan fingerprint density at radius 3 is 2.50 bits per heavy atom. The van der Waals surface area contributed by atoms with Crippen LogP contribution in [-0.2, 0) is 9.59 Å². The van der Waals surface area contributed by atoms with E-state index in [4.69, 9.17) is 14.6 Å². The Morgan fingerprint density at radius 1 is 1.38 bits per heavy atom. The average molecular weight is 227 g/mol. The SMILES string of the molecule is O=C(O)CC(NC(=O)c1ccco1)C(=O)O. The average Bonchev–Trinajstić information content (AvgIpc) is 2.68. The monoisotopic (exact) mass is 227 g/mol. The lowest BCUT2D eigenvalue weighted by Gasteiger charge is -2.10. The molecule has 86 valence electrons. The minimum Gasteiger partial charge on any atom is -0.481 e. The fraction of sp³-hybridized carbons (Fsp3) is 0.222. The summed E-state index contributed by atoms with van der Waals surface area (Å²) in [5.74, 6) is -3.57. The molecule has 0 spiro atoms. The number of amides is 1. The number of nitrogens with one attached hydrogen (secondary N) is 1. The van der Waals surface area contributed by atoms with Gasteiger partial charge in [-0.1, -0.05) is 0 Å². The standard InChI is InChI=1S/C9H9NO6/c11-7(12)4-5(9(14)15)10-8(13)6-2-1-3-16-6/h1-3,5H,4H2,(H,10,13)(H,11,12)(H,14,15). The summed E-state index contributed by atoms with van der Waals surface area (Å²) in [6.45, 7) is 0. The summed E-state index contributed by atoms with van der Waals surface area (Å²) >= 11 is 0. The van der Waals surface area contributed by atoms with Gasteiger partial charge >= 0.3 is 11.9 Å². The number of aliphatic carboxylic acids is 2. The Kier molecular flexibility index (Phi) is 3.65. The molecule has 16 heavy (non-hydrogen) atoms. The van der Waals surface area contributed by atoms with Crippen LogP contribution in [0, 0.1) is 0 Å². The Morgan fingerprint density at radius 2 is 2.06 bits per heavy atom. The Balaban J connectivity index is 2.65. The van der Waals surface area contributed by atoms with Crippen LogP contribution < -0.4 is 5.32 Å². The van der Waals surface area contributed by atoms with Gasteiger partial charge in [0.25, 0.3) is 5.91 Å². The second-order valence-corrected chi connectivity index (χ2v) is 2.94. The maximum atomic E-state index is 11.3. The molecule has 0 aliphatic heterocycles. The molecule has 0 radical (unpaired) electrons. The fourth-order valence-corrected chi connectivity index (χ4v) is 1.01. The Bertz CT molecular complexity index is 396. The van der Waals surface area contributed by atoms with E-state index in [0.717, 1.165) is 0 Å². The molecule has 1 amide bonds. The van der Waals surface area contributed by atoms with Gasteiger partial charge in [0.2, 0.25) is 0 Å². The van der Waals surface area contributed by atoms with E-state index in [1.54, 1.807) is 0 Å². The lowest BCUT2D eigenvalue weighted by Crippen LogP contribution is -2.42. The quantitative estimate of drug-likeness (QED) is 0.648. The van der Waals surface area contributed by atoms with Crippen molar-refractivity contribution in [2.45, 2.75) is 12.5 Å². The third-order valence-corrected chi connectivity index (χ3v) is 1.73. The predicted molar refractivity (Wildman–Crippen MR) is 49.9 cm³/mol. The van der Waals surface area contributed by atoms with Gasteiger partial charge in [-0.3, -0.25) is 9.59 Å². The van der Waals surface area contributed by atoms with Crippen molar-refractivity contribution in [3.63, 3.8) is 0 Å². The molecule has 0 aromatic carbocycles. The smallest absolute Gasteiger partial charge is 0.326 e. The summed E-state index contributed by atoms with van der Waals surface area (Å²) < 4.78 is 4.73. The topological polar surface area (TPSA) is 117 Å². The molecule has 1 aromatic heterocycles. The Hall–Kier alpha value is -2.31. The van der Waals surface area contributed by atoms with Crippen molar-refractivity contribution < 1.29 is 29.0 Å². The summed E-state index contributed by atoms with van der Waals surface area (Å²) in [5.41, 5.74) is 0. The van der Waals surface area contributed by atoms with Crippen molar-refractivity contribution >= 4 is 17.8 Å². The highest BCUT2D eigenvalue weighted by Crippen LogP contribution is 2.01. The van der Waals surface area contributed by atoms with Crippen LogP contribution in [0.1, 0.15) is 17.0 Å². The van der Waals surface area contributed by atoms with Gasteiger partial charge in [-0.2, -0.15) is 0 Å². The minimum atomic E-state index is -1.48. The first-order valence-electron chi connectivity index (χ1n) is 4.29. The molecule has 0 bridgehead atoms. The number of carbonyl (C=O) groups is 3. The number of rotatable bonds is 5. The molecular formula is C9H9NO6. The van der Waals surface area contributed by atoms with E-state index in [1.165, 1.54) is 18.4 Å². The van der Waals surface area contributed by atoms with Crippen molar-refractivity contribution in [3.05, 3.63) is 24.2 Å². The molecule has 0 aliphatic carbocycles. The fourth-order valence-electron chi connectivity index (χ4n) is 1.01. The molecule has 1 atom stereocenters. The number of furan rings is 1. The zero-order valence-corrected chi connectivity index (χ0v) is 8.04. The van der Waals surface area contributed by atoms with Crippen LogP contribution in [0.4, 0.5) is 0 Å². The maximum Gasteiger partial charge on any atom is 0.326 e. The van der Waals surface area contributed by atoms with E-state index in [9.17, 15) is 14.4 Å². The first-order valence-corrected chi connectivity index (χ1v) is 4.29. The van der Waals surface area contributed by atoms with Crippen LogP contribution in [0.25, 0.3) is 0 Å². The predicted octanol–water partition coefficient (Wildman–Crippen LogP) is -0.0627. The number of carbonyl (C=O) groups excluding carboxylic acids is 1. The molecular weight excluding hydrogens is 218 g/mol. The van der Waals surface area contributed by atoms with Crippen LogP contribution in [0.3, 0.4) is 0 Å². The van der Waals surface area contributed by atoms with Crippen LogP contribution in [0.5, 0.6) is 0 Å². The molecule has 0 saturated carbocycles. The third-order valence-electron chi connectivity index (χ3n) is 1.73. The van der Waals surface area contributed by atoms with E-state index < -0.39 is 30.3 Å². The van der Waals surface area contributed by atoms with Crippen LogP contribution >= 0.6 is 0 Å². The van der Waals surface area contributed by atoms with Crippen molar-refractivity contribution in [3.8, 4) is 0 Å². The minimum absolute atomic E-state index is 0.0726. The Labute approximate surface area is 89.7 Å². The molecule has 0 saturated heterocycles. The molecule has 1 aromatic rings. The highest BCUT2D eigenvalue weighted by atomic mass is 16.4. The van der Waals surface area contributed by atoms with Crippen LogP contribution in [-0.4, -0.2) is 34.1 Å². The van der Waals surface area contributed by atoms with E-state index >= 15 is 0 Å². The number of carboxylic acid groups (broad SMARTS) is 2. The highest BCUT2D eigenvalue weighted by molar-refractivity contribution is 5.95. The molecule has 7 heteroatoms. The van der Waals surface area contributed by atoms with E-state index in [2.05, 4.69) is 0 Å². The van der Waals surface area contributed by atoms with E-state index in [-0.39, 0.29) is 5.76 Å². The van der Waals surface area contributed by atoms with Crippen molar-refractivity contribution in [1.82, 2.24) is 5.32 Å². The molecule has 0 fully saturated rings.